The van der Waals surface area contributed by atoms with Crippen LogP contribution in [-0.2, 0) is 0 Å². The summed E-state index contributed by atoms with van der Waals surface area (Å²) in [7, 11) is 0. The van der Waals surface area contributed by atoms with Crippen molar-refractivity contribution in [3.63, 3.8) is 0 Å². The van der Waals surface area contributed by atoms with Crippen molar-refractivity contribution >= 4 is 0 Å². The van der Waals surface area contributed by atoms with Crippen molar-refractivity contribution in [1.82, 2.24) is 0 Å². The van der Waals surface area contributed by atoms with Gasteiger partial charge in [-0.1, -0.05) is 80.7 Å². The quantitative estimate of drug-likeness (QED) is 0.456. The fourth-order valence-corrected chi connectivity index (χ4v) is 0.322. The third-order valence-electron chi connectivity index (χ3n) is 1.23. The Labute approximate surface area is 106 Å². The SMILES string of the molecule is C=C/C(C)=C(/C)C=C.CC.CC.CC.CC. The number of hydrogen-bond acceptors (Lipinski definition) is 0. The Bertz CT molecular complexity index is 111. The van der Waals surface area contributed by atoms with Gasteiger partial charge in [0.15, 0.2) is 0 Å². The van der Waals surface area contributed by atoms with Crippen molar-refractivity contribution in [2.45, 2.75) is 69.2 Å². The Balaban J connectivity index is -0.0000000426. The second-order valence-corrected chi connectivity index (χ2v) is 1.77. The molecule has 0 saturated carbocycles. The molecule has 0 fully saturated rings. The first-order valence-corrected chi connectivity index (χ1v) is 6.64. The third-order valence-corrected chi connectivity index (χ3v) is 1.23. The average Bonchev–Trinajstić information content (AvgIpc) is 2.45. The van der Waals surface area contributed by atoms with Crippen LogP contribution in [-0.4, -0.2) is 0 Å². The lowest BCUT2D eigenvalue weighted by Crippen LogP contribution is -1.71. The van der Waals surface area contributed by atoms with Gasteiger partial charge in [0.25, 0.3) is 0 Å². The molecule has 16 heavy (non-hydrogen) atoms. The van der Waals surface area contributed by atoms with Gasteiger partial charge in [0.1, 0.15) is 0 Å². The zero-order valence-electron chi connectivity index (χ0n) is 13.6. The van der Waals surface area contributed by atoms with E-state index < -0.39 is 0 Å². The van der Waals surface area contributed by atoms with Crippen molar-refractivity contribution in [3.8, 4) is 0 Å². The van der Waals surface area contributed by atoms with Crippen LogP contribution in [0.25, 0.3) is 0 Å². The molecule has 0 amide bonds. The van der Waals surface area contributed by atoms with Gasteiger partial charge in [-0.15, -0.1) is 0 Å². The predicted molar refractivity (Wildman–Crippen MR) is 84.2 cm³/mol. The molecule has 0 unspecified atom stereocenters. The summed E-state index contributed by atoms with van der Waals surface area (Å²) in [6, 6.07) is 0. The standard InChI is InChI=1S/C8H12.4C2H6/c1-5-7(3)8(4)6-2;4*1-2/h5-6H,1-2H2,3-4H3;4*1-2H3/b8-7-;;;;. The number of allylic oxidation sites excluding steroid dienone is 4. The first-order chi connectivity index (χ1) is 7.72. The Hall–Kier alpha value is -0.780. The third kappa shape index (κ3) is 37.9. The van der Waals surface area contributed by atoms with E-state index >= 15 is 0 Å². The zero-order valence-corrected chi connectivity index (χ0v) is 13.6. The Morgan fingerprint density at radius 1 is 0.562 bits per heavy atom. The van der Waals surface area contributed by atoms with Gasteiger partial charge in [-0.3, -0.25) is 0 Å². The minimum absolute atomic E-state index is 1.19. The molecule has 0 aliphatic heterocycles. The van der Waals surface area contributed by atoms with E-state index in [1.807, 2.05) is 81.4 Å². The minimum Gasteiger partial charge on any atom is -0.0988 e. The van der Waals surface area contributed by atoms with Crippen molar-refractivity contribution in [2.24, 2.45) is 0 Å². The molecule has 100 valence electrons. The molecule has 0 rings (SSSR count). The van der Waals surface area contributed by atoms with Gasteiger partial charge >= 0.3 is 0 Å². The van der Waals surface area contributed by atoms with Crippen LogP contribution >= 0.6 is 0 Å². The summed E-state index contributed by atoms with van der Waals surface area (Å²) in [6.45, 7) is 27.3. The van der Waals surface area contributed by atoms with Crippen molar-refractivity contribution in [1.29, 1.82) is 0 Å². The van der Waals surface area contributed by atoms with E-state index in [0.29, 0.717) is 0 Å². The van der Waals surface area contributed by atoms with Crippen LogP contribution in [0, 0.1) is 0 Å². The lowest BCUT2D eigenvalue weighted by molar-refractivity contribution is 1.39. The molecular formula is C16H36. The molecule has 0 aliphatic rings. The van der Waals surface area contributed by atoms with Gasteiger partial charge in [0.05, 0.1) is 0 Å². The summed E-state index contributed by atoms with van der Waals surface area (Å²) in [5, 5.41) is 0. The van der Waals surface area contributed by atoms with Gasteiger partial charge in [-0.2, -0.15) is 0 Å². The van der Waals surface area contributed by atoms with Crippen molar-refractivity contribution in [3.05, 3.63) is 36.5 Å². The van der Waals surface area contributed by atoms with Gasteiger partial charge in [0, 0.05) is 0 Å². The normalized spacial score (nSPS) is 7.62. The smallest absolute Gasteiger partial charge is 0.0395 e. The highest BCUT2D eigenvalue weighted by atomic mass is 13.9. The van der Waals surface area contributed by atoms with Gasteiger partial charge in [0.2, 0.25) is 0 Å². The molecule has 0 aromatic rings. The van der Waals surface area contributed by atoms with Gasteiger partial charge in [-0.25, -0.2) is 0 Å². The molecule has 0 aromatic heterocycles. The molecule has 0 heteroatoms. The van der Waals surface area contributed by atoms with Crippen LogP contribution in [0.3, 0.4) is 0 Å². The first kappa shape index (κ1) is 29.5. The van der Waals surface area contributed by atoms with Crippen LogP contribution in [0.4, 0.5) is 0 Å². The number of rotatable bonds is 2. The van der Waals surface area contributed by atoms with Crippen LogP contribution in [0.5, 0.6) is 0 Å². The molecule has 0 nitrogen and oxygen atoms in total. The van der Waals surface area contributed by atoms with E-state index in [1.54, 1.807) is 0 Å². The minimum atomic E-state index is 1.19. The summed E-state index contributed by atoms with van der Waals surface area (Å²) in [6.07, 6.45) is 3.66. The monoisotopic (exact) mass is 228 g/mol. The lowest BCUT2D eigenvalue weighted by Gasteiger charge is -1.92. The molecule has 0 N–H and O–H groups in total. The second-order valence-electron chi connectivity index (χ2n) is 1.77. The van der Waals surface area contributed by atoms with E-state index in [0.717, 1.165) is 0 Å². The Morgan fingerprint density at radius 2 is 0.688 bits per heavy atom. The second kappa shape index (κ2) is 47.7. The van der Waals surface area contributed by atoms with Crippen LogP contribution in [0.15, 0.2) is 36.5 Å². The highest BCUT2D eigenvalue weighted by Crippen LogP contribution is 2.02. The summed E-state index contributed by atoms with van der Waals surface area (Å²) in [4.78, 5) is 0. The van der Waals surface area contributed by atoms with E-state index in [-0.39, 0.29) is 0 Å². The van der Waals surface area contributed by atoms with Crippen LogP contribution < -0.4 is 0 Å². The summed E-state index contributed by atoms with van der Waals surface area (Å²) < 4.78 is 0. The molecule has 0 aromatic carbocycles. The molecular weight excluding hydrogens is 192 g/mol. The lowest BCUT2D eigenvalue weighted by atomic mass is 10.1. The Kier molecular flexibility index (Phi) is 87.8. The van der Waals surface area contributed by atoms with Crippen LogP contribution in [0.1, 0.15) is 69.2 Å². The van der Waals surface area contributed by atoms with Crippen LogP contribution in [0.2, 0.25) is 0 Å². The summed E-state index contributed by atoms with van der Waals surface area (Å²) in [5.41, 5.74) is 2.39. The highest BCUT2D eigenvalue weighted by Gasteiger charge is 1.82. The topological polar surface area (TPSA) is 0 Å². The zero-order chi connectivity index (χ0) is 14.6. The highest BCUT2D eigenvalue weighted by molar-refractivity contribution is 5.27. The van der Waals surface area contributed by atoms with E-state index in [2.05, 4.69) is 13.2 Å². The first-order valence-electron chi connectivity index (χ1n) is 6.64. The van der Waals surface area contributed by atoms with Gasteiger partial charge < -0.3 is 0 Å². The molecule has 0 atom stereocenters. The van der Waals surface area contributed by atoms with E-state index in [4.69, 9.17) is 0 Å². The molecule has 0 radical (unpaired) electrons. The number of hydrogen-bond donors (Lipinski definition) is 0. The summed E-state index contributed by atoms with van der Waals surface area (Å²) in [5.74, 6) is 0. The largest absolute Gasteiger partial charge is 0.0988 e. The fourth-order valence-electron chi connectivity index (χ4n) is 0.322. The van der Waals surface area contributed by atoms with Gasteiger partial charge in [-0.05, 0) is 25.0 Å². The fraction of sp³-hybridized carbons (Fsp3) is 0.625. The molecule has 0 spiro atoms. The molecule has 0 saturated heterocycles. The molecule has 0 bridgehead atoms. The molecule has 0 heterocycles. The van der Waals surface area contributed by atoms with Crippen molar-refractivity contribution < 1.29 is 0 Å². The van der Waals surface area contributed by atoms with E-state index in [9.17, 15) is 0 Å². The maximum absolute atomic E-state index is 3.62. The maximum Gasteiger partial charge on any atom is -0.0395 e. The average molecular weight is 228 g/mol. The van der Waals surface area contributed by atoms with E-state index in [1.165, 1.54) is 11.1 Å². The maximum atomic E-state index is 3.62. The molecule has 0 aliphatic carbocycles. The summed E-state index contributed by atoms with van der Waals surface area (Å²) >= 11 is 0. The van der Waals surface area contributed by atoms with Crippen molar-refractivity contribution in [2.75, 3.05) is 0 Å². The Morgan fingerprint density at radius 3 is 0.750 bits per heavy atom. The predicted octanol–water partition coefficient (Wildman–Crippen LogP) is 6.80.